The van der Waals surface area contributed by atoms with Gasteiger partial charge in [-0.15, -0.1) is 0 Å². The van der Waals surface area contributed by atoms with Crippen LogP contribution in [0.5, 0.6) is 0 Å². The molecule has 4 rings (SSSR count). The zero-order chi connectivity index (χ0) is 19.7. The fourth-order valence-electron chi connectivity index (χ4n) is 3.85. The number of carbonyl (C=O) groups is 2. The molecule has 6 heteroatoms. The monoisotopic (exact) mass is 375 g/mol. The number of amides is 1. The molecule has 0 saturated heterocycles. The van der Waals surface area contributed by atoms with E-state index in [0.29, 0.717) is 24.2 Å². The molecule has 0 bridgehead atoms. The van der Waals surface area contributed by atoms with E-state index in [1.165, 1.54) is 14.0 Å². The number of fused-ring (bicyclic) bond motifs is 1. The molecule has 0 spiro atoms. The van der Waals surface area contributed by atoms with Gasteiger partial charge < -0.3 is 14.6 Å². The van der Waals surface area contributed by atoms with E-state index in [4.69, 9.17) is 4.74 Å². The quantitative estimate of drug-likeness (QED) is 0.718. The van der Waals surface area contributed by atoms with Crippen LogP contribution >= 0.6 is 0 Å². The number of aromatic amines is 1. The third-order valence-corrected chi connectivity index (χ3v) is 5.13. The summed E-state index contributed by atoms with van der Waals surface area (Å²) in [5.74, 6) is -0.347. The van der Waals surface area contributed by atoms with Gasteiger partial charge in [0.2, 0.25) is 0 Å². The summed E-state index contributed by atoms with van der Waals surface area (Å²) in [6.07, 6.45) is 4.29. The van der Waals surface area contributed by atoms with Crippen LogP contribution in [0.2, 0.25) is 0 Å². The van der Waals surface area contributed by atoms with Crippen LogP contribution in [0.3, 0.4) is 0 Å². The standard InChI is InChI=1S/C22H21N3O3/c1-14(26)19-20(18-9-5-6-11-23-18)25(22(27)21(19)28-2)12-10-15-13-24-17-8-4-3-7-16(15)17/h3-9,11,13,20,24H,10,12H2,1-2H3/t20-/m0/s1. The van der Waals surface area contributed by atoms with E-state index >= 15 is 0 Å². The number of rotatable bonds is 6. The zero-order valence-corrected chi connectivity index (χ0v) is 15.8. The lowest BCUT2D eigenvalue weighted by atomic mass is 10.0. The first-order valence-corrected chi connectivity index (χ1v) is 9.17. The Bertz CT molecular complexity index is 1070. The van der Waals surface area contributed by atoms with Gasteiger partial charge in [0.15, 0.2) is 11.5 Å². The summed E-state index contributed by atoms with van der Waals surface area (Å²) in [6.45, 7) is 1.91. The van der Waals surface area contributed by atoms with Gasteiger partial charge in [-0.05, 0) is 37.1 Å². The number of ether oxygens (including phenoxy) is 1. The molecular formula is C22H21N3O3. The van der Waals surface area contributed by atoms with Crippen molar-refractivity contribution in [3.05, 3.63) is 77.4 Å². The summed E-state index contributed by atoms with van der Waals surface area (Å²) >= 11 is 0. The first-order chi connectivity index (χ1) is 13.6. The molecule has 1 aliphatic rings. The number of H-pyrrole nitrogens is 1. The maximum Gasteiger partial charge on any atom is 0.290 e. The van der Waals surface area contributed by atoms with E-state index < -0.39 is 6.04 Å². The summed E-state index contributed by atoms with van der Waals surface area (Å²) < 4.78 is 5.32. The number of aromatic nitrogens is 2. The smallest absolute Gasteiger partial charge is 0.290 e. The number of para-hydroxylation sites is 1. The van der Waals surface area contributed by atoms with Crippen molar-refractivity contribution in [1.29, 1.82) is 0 Å². The highest BCUT2D eigenvalue weighted by molar-refractivity contribution is 6.08. The van der Waals surface area contributed by atoms with Crippen LogP contribution in [-0.2, 0) is 20.7 Å². The predicted molar refractivity (Wildman–Crippen MR) is 105 cm³/mol. The zero-order valence-electron chi connectivity index (χ0n) is 15.8. The number of carbonyl (C=O) groups excluding carboxylic acids is 2. The first kappa shape index (κ1) is 18.0. The number of pyridine rings is 1. The molecule has 142 valence electrons. The van der Waals surface area contributed by atoms with Crippen LogP contribution in [0.4, 0.5) is 0 Å². The molecule has 1 N–H and O–H groups in total. The van der Waals surface area contributed by atoms with E-state index in [1.807, 2.05) is 42.6 Å². The number of nitrogens with zero attached hydrogens (tertiary/aromatic N) is 2. The SMILES string of the molecule is COC1=C(C(C)=O)[C@H](c2ccccn2)N(CCc2c[nH]c3ccccc23)C1=O. The van der Waals surface area contributed by atoms with Crippen LogP contribution in [0.15, 0.2) is 66.2 Å². The lowest BCUT2D eigenvalue weighted by Gasteiger charge is -2.25. The Hall–Kier alpha value is -3.41. The van der Waals surface area contributed by atoms with Crippen LogP contribution in [-0.4, -0.2) is 40.2 Å². The number of hydrogen-bond donors (Lipinski definition) is 1. The summed E-state index contributed by atoms with van der Waals surface area (Å²) in [5, 5.41) is 1.13. The molecule has 1 amide bonds. The molecule has 28 heavy (non-hydrogen) atoms. The van der Waals surface area contributed by atoms with Gasteiger partial charge in [0.05, 0.1) is 18.4 Å². The molecule has 1 aromatic carbocycles. The van der Waals surface area contributed by atoms with E-state index in [2.05, 4.69) is 16.0 Å². The van der Waals surface area contributed by atoms with Crippen molar-refractivity contribution >= 4 is 22.6 Å². The summed E-state index contributed by atoms with van der Waals surface area (Å²) in [6, 6.07) is 13.0. The van der Waals surface area contributed by atoms with Crippen molar-refractivity contribution in [3.8, 4) is 0 Å². The van der Waals surface area contributed by atoms with Crippen molar-refractivity contribution in [2.45, 2.75) is 19.4 Å². The van der Waals surface area contributed by atoms with Gasteiger partial charge in [0.25, 0.3) is 5.91 Å². The van der Waals surface area contributed by atoms with E-state index in [0.717, 1.165) is 16.5 Å². The Balaban J connectivity index is 1.68. The molecule has 0 unspecified atom stereocenters. The third kappa shape index (κ3) is 2.97. The number of benzene rings is 1. The average molecular weight is 375 g/mol. The molecule has 0 aliphatic carbocycles. The van der Waals surface area contributed by atoms with Crippen molar-refractivity contribution in [1.82, 2.24) is 14.9 Å². The summed E-state index contributed by atoms with van der Waals surface area (Å²) in [7, 11) is 1.43. The van der Waals surface area contributed by atoms with Gasteiger partial charge >= 0.3 is 0 Å². The second-order valence-corrected chi connectivity index (χ2v) is 6.77. The fourth-order valence-corrected chi connectivity index (χ4v) is 3.85. The Morgan fingerprint density at radius 1 is 1.21 bits per heavy atom. The minimum Gasteiger partial charge on any atom is -0.491 e. The molecule has 1 atom stereocenters. The third-order valence-electron chi connectivity index (χ3n) is 5.13. The Morgan fingerprint density at radius 2 is 2.00 bits per heavy atom. The Kier molecular flexibility index (Phi) is 4.69. The summed E-state index contributed by atoms with van der Waals surface area (Å²) in [5.41, 5.74) is 3.21. The van der Waals surface area contributed by atoms with Gasteiger partial charge in [-0.2, -0.15) is 0 Å². The molecule has 0 fully saturated rings. The van der Waals surface area contributed by atoms with Crippen LogP contribution in [0.1, 0.15) is 24.2 Å². The van der Waals surface area contributed by atoms with Crippen molar-refractivity contribution in [2.75, 3.05) is 13.7 Å². The van der Waals surface area contributed by atoms with Gasteiger partial charge in [0, 0.05) is 29.8 Å². The molecule has 3 heterocycles. The molecule has 6 nitrogen and oxygen atoms in total. The minimum atomic E-state index is -0.536. The van der Waals surface area contributed by atoms with E-state index in [9.17, 15) is 9.59 Å². The molecule has 1 aliphatic heterocycles. The Morgan fingerprint density at radius 3 is 2.71 bits per heavy atom. The van der Waals surface area contributed by atoms with Crippen LogP contribution in [0, 0.1) is 0 Å². The van der Waals surface area contributed by atoms with Gasteiger partial charge in [-0.1, -0.05) is 24.3 Å². The first-order valence-electron chi connectivity index (χ1n) is 9.17. The number of nitrogens with one attached hydrogen (secondary N) is 1. The topological polar surface area (TPSA) is 75.3 Å². The molecular weight excluding hydrogens is 354 g/mol. The minimum absolute atomic E-state index is 0.113. The van der Waals surface area contributed by atoms with Crippen molar-refractivity contribution in [3.63, 3.8) is 0 Å². The second kappa shape index (κ2) is 7.31. The number of Topliss-reactive ketones (excluding diaryl/α,β-unsaturated/α-hetero) is 1. The number of ketones is 1. The molecule has 2 aromatic heterocycles. The lowest BCUT2D eigenvalue weighted by molar-refractivity contribution is -0.129. The lowest BCUT2D eigenvalue weighted by Crippen LogP contribution is -2.33. The van der Waals surface area contributed by atoms with Crippen LogP contribution < -0.4 is 0 Å². The van der Waals surface area contributed by atoms with E-state index in [1.54, 1.807) is 11.1 Å². The Labute approximate surface area is 162 Å². The molecule has 0 saturated carbocycles. The van der Waals surface area contributed by atoms with E-state index in [-0.39, 0.29) is 17.4 Å². The molecule has 0 radical (unpaired) electrons. The largest absolute Gasteiger partial charge is 0.491 e. The van der Waals surface area contributed by atoms with Crippen molar-refractivity contribution in [2.24, 2.45) is 0 Å². The molecule has 3 aromatic rings. The van der Waals surface area contributed by atoms with Crippen molar-refractivity contribution < 1.29 is 14.3 Å². The number of methoxy groups -OCH3 is 1. The average Bonchev–Trinajstić information content (AvgIpc) is 3.25. The predicted octanol–water partition coefficient (Wildman–Crippen LogP) is 3.18. The highest BCUT2D eigenvalue weighted by Gasteiger charge is 2.43. The van der Waals surface area contributed by atoms with Gasteiger partial charge in [-0.25, -0.2) is 0 Å². The fraction of sp³-hybridized carbons (Fsp3) is 0.227. The van der Waals surface area contributed by atoms with Gasteiger partial charge in [-0.3, -0.25) is 14.6 Å². The normalized spacial score (nSPS) is 16.9. The number of hydrogen-bond acceptors (Lipinski definition) is 4. The summed E-state index contributed by atoms with van der Waals surface area (Å²) in [4.78, 5) is 34.7. The second-order valence-electron chi connectivity index (χ2n) is 6.77. The van der Waals surface area contributed by atoms with Gasteiger partial charge in [0.1, 0.15) is 6.04 Å². The maximum absolute atomic E-state index is 13.0. The van der Waals surface area contributed by atoms with Crippen LogP contribution in [0.25, 0.3) is 10.9 Å². The highest BCUT2D eigenvalue weighted by Crippen LogP contribution is 2.38. The maximum atomic E-state index is 13.0. The highest BCUT2D eigenvalue weighted by atomic mass is 16.5.